The van der Waals surface area contributed by atoms with Crippen LogP contribution in [0.3, 0.4) is 0 Å². The highest BCUT2D eigenvalue weighted by Gasteiger charge is 2.13. The fraction of sp³-hybridized carbons (Fsp3) is 0.267. The Morgan fingerprint density at radius 3 is 2.95 bits per heavy atom. The Morgan fingerprint density at radius 2 is 2.29 bits per heavy atom. The smallest absolute Gasteiger partial charge is 0.355 e. The maximum Gasteiger partial charge on any atom is 0.355 e. The van der Waals surface area contributed by atoms with E-state index in [1.54, 1.807) is 36.0 Å². The second kappa shape index (κ2) is 6.57. The maximum atomic E-state index is 12.0. The number of rotatable bonds is 5. The van der Waals surface area contributed by atoms with Gasteiger partial charge in [0.25, 0.3) is 0 Å². The third kappa shape index (κ3) is 3.60. The minimum Gasteiger partial charge on any atom is -0.478 e. The number of hydrogen-bond acceptors (Lipinski definition) is 5. The normalized spacial score (nSPS) is 9.95. The molecule has 0 N–H and O–H groups in total. The molecule has 0 aliphatic rings. The van der Waals surface area contributed by atoms with Gasteiger partial charge in [0.1, 0.15) is 18.4 Å². The van der Waals surface area contributed by atoms with E-state index in [2.05, 4.69) is 4.98 Å². The van der Waals surface area contributed by atoms with Crippen LogP contribution in [0.15, 0.2) is 30.5 Å². The predicted molar refractivity (Wildman–Crippen MR) is 74.7 cm³/mol. The van der Waals surface area contributed by atoms with E-state index in [0.29, 0.717) is 29.4 Å². The Morgan fingerprint density at radius 1 is 1.48 bits per heavy atom. The van der Waals surface area contributed by atoms with Gasteiger partial charge in [0.05, 0.1) is 17.9 Å². The summed E-state index contributed by atoms with van der Waals surface area (Å²) in [6.07, 6.45) is 1.57. The van der Waals surface area contributed by atoms with Gasteiger partial charge in [-0.15, -0.1) is 0 Å². The highest BCUT2D eigenvalue weighted by Crippen LogP contribution is 2.11. The van der Waals surface area contributed by atoms with Crippen molar-refractivity contribution in [3.05, 3.63) is 47.4 Å². The predicted octanol–water partition coefficient (Wildman–Crippen LogP) is 2.05. The molecule has 2 heterocycles. The molecule has 0 aliphatic heterocycles. The van der Waals surface area contributed by atoms with Crippen LogP contribution < -0.4 is 4.74 Å². The lowest BCUT2D eigenvalue weighted by atomic mass is 10.3. The largest absolute Gasteiger partial charge is 0.478 e. The number of nitrogens with zero attached hydrogens (tertiary/aromatic N) is 3. The lowest BCUT2D eigenvalue weighted by molar-refractivity contribution is 0.0455. The number of aromatic nitrogens is 2. The Labute approximate surface area is 122 Å². The number of hydrogen-bond donors (Lipinski definition) is 0. The first-order valence-electron chi connectivity index (χ1n) is 6.46. The number of pyridine rings is 1. The monoisotopic (exact) mass is 285 g/mol. The minimum absolute atomic E-state index is 0.0484. The fourth-order valence-corrected chi connectivity index (χ4v) is 1.81. The number of aryl methyl sites for hydroxylation is 1. The molecule has 0 aromatic carbocycles. The van der Waals surface area contributed by atoms with Gasteiger partial charge in [-0.3, -0.25) is 0 Å². The second-order valence-electron chi connectivity index (χ2n) is 4.31. The van der Waals surface area contributed by atoms with E-state index in [1.165, 1.54) is 6.07 Å². The van der Waals surface area contributed by atoms with Crippen LogP contribution in [-0.2, 0) is 18.4 Å². The fourth-order valence-electron chi connectivity index (χ4n) is 1.81. The average Bonchev–Trinajstić information content (AvgIpc) is 2.87. The molecule has 21 heavy (non-hydrogen) atoms. The van der Waals surface area contributed by atoms with Gasteiger partial charge in [-0.25, -0.2) is 9.78 Å². The van der Waals surface area contributed by atoms with Gasteiger partial charge in [0, 0.05) is 19.3 Å². The van der Waals surface area contributed by atoms with Crippen LogP contribution in [0.2, 0.25) is 0 Å². The van der Waals surface area contributed by atoms with E-state index >= 15 is 0 Å². The van der Waals surface area contributed by atoms with Crippen molar-refractivity contribution >= 4 is 5.97 Å². The van der Waals surface area contributed by atoms with Crippen molar-refractivity contribution in [1.82, 2.24) is 9.55 Å². The number of carbonyl (C=O) groups excluding carboxylic acids is 1. The molecule has 0 spiro atoms. The van der Waals surface area contributed by atoms with Crippen LogP contribution in [-0.4, -0.2) is 22.1 Å². The molecule has 0 radical (unpaired) electrons. The van der Waals surface area contributed by atoms with Gasteiger partial charge in [-0.1, -0.05) is 6.07 Å². The Hall–Kier alpha value is -2.81. The first kappa shape index (κ1) is 14.6. The van der Waals surface area contributed by atoms with Crippen molar-refractivity contribution in [3.63, 3.8) is 0 Å². The lowest BCUT2D eigenvalue weighted by Crippen LogP contribution is -2.10. The molecule has 0 atom stereocenters. The van der Waals surface area contributed by atoms with Crippen LogP contribution in [0.5, 0.6) is 5.88 Å². The SMILES string of the molecule is CCOc1cccc(COC(=O)c2cc(C#N)cn2C)n1. The van der Waals surface area contributed by atoms with Crippen molar-refractivity contribution in [1.29, 1.82) is 5.26 Å². The Bertz CT molecular complexity index is 686. The van der Waals surface area contributed by atoms with Crippen molar-refractivity contribution in [3.8, 4) is 11.9 Å². The summed E-state index contributed by atoms with van der Waals surface area (Å²) in [5, 5.41) is 8.81. The van der Waals surface area contributed by atoms with E-state index in [4.69, 9.17) is 14.7 Å². The van der Waals surface area contributed by atoms with Crippen LogP contribution in [0.25, 0.3) is 0 Å². The molecule has 2 rings (SSSR count). The van der Waals surface area contributed by atoms with E-state index < -0.39 is 5.97 Å². The standard InChI is InChI=1S/C15H15N3O3/c1-3-20-14-6-4-5-12(17-14)10-21-15(19)13-7-11(8-16)9-18(13)2/h4-7,9H,3,10H2,1-2H3. The molecular weight excluding hydrogens is 270 g/mol. The zero-order chi connectivity index (χ0) is 15.2. The second-order valence-corrected chi connectivity index (χ2v) is 4.31. The zero-order valence-corrected chi connectivity index (χ0v) is 11.9. The van der Waals surface area contributed by atoms with Crippen molar-refractivity contribution < 1.29 is 14.3 Å². The summed E-state index contributed by atoms with van der Waals surface area (Å²) in [5.74, 6) is -0.000652. The lowest BCUT2D eigenvalue weighted by Gasteiger charge is -2.07. The van der Waals surface area contributed by atoms with Gasteiger partial charge in [0.15, 0.2) is 0 Å². The topological polar surface area (TPSA) is 77.1 Å². The van der Waals surface area contributed by atoms with Crippen LogP contribution >= 0.6 is 0 Å². The van der Waals surface area contributed by atoms with Crippen LogP contribution in [0.1, 0.15) is 28.7 Å². The molecule has 6 nitrogen and oxygen atoms in total. The molecule has 0 fully saturated rings. The molecule has 6 heteroatoms. The molecule has 0 saturated carbocycles. The molecule has 2 aromatic rings. The third-order valence-electron chi connectivity index (χ3n) is 2.77. The maximum absolute atomic E-state index is 12.0. The summed E-state index contributed by atoms with van der Waals surface area (Å²) in [5.41, 5.74) is 1.34. The highest BCUT2D eigenvalue weighted by atomic mass is 16.5. The van der Waals surface area contributed by atoms with Gasteiger partial charge < -0.3 is 14.0 Å². The zero-order valence-electron chi connectivity index (χ0n) is 11.9. The van der Waals surface area contributed by atoms with Crippen molar-refractivity contribution in [2.24, 2.45) is 7.05 Å². The minimum atomic E-state index is -0.498. The van der Waals surface area contributed by atoms with Gasteiger partial charge in [-0.05, 0) is 19.1 Å². The number of carbonyl (C=O) groups is 1. The molecule has 0 saturated heterocycles. The van der Waals surface area contributed by atoms with Crippen molar-refractivity contribution in [2.45, 2.75) is 13.5 Å². The summed E-state index contributed by atoms with van der Waals surface area (Å²) >= 11 is 0. The van der Waals surface area contributed by atoms with E-state index in [9.17, 15) is 4.79 Å². The number of ether oxygens (including phenoxy) is 2. The molecule has 108 valence electrons. The molecule has 0 aliphatic carbocycles. The molecule has 0 unspecified atom stereocenters. The Kier molecular flexibility index (Phi) is 4.57. The van der Waals surface area contributed by atoms with E-state index in [1.807, 2.05) is 13.0 Å². The third-order valence-corrected chi connectivity index (χ3v) is 2.77. The van der Waals surface area contributed by atoms with Crippen molar-refractivity contribution in [2.75, 3.05) is 6.61 Å². The van der Waals surface area contributed by atoms with Crippen LogP contribution in [0.4, 0.5) is 0 Å². The summed E-state index contributed by atoms with van der Waals surface area (Å²) in [6.45, 7) is 2.44. The van der Waals surface area contributed by atoms with E-state index in [-0.39, 0.29) is 6.61 Å². The molecule has 2 aromatic heterocycles. The summed E-state index contributed by atoms with van der Waals surface area (Å²) in [4.78, 5) is 16.2. The molecule has 0 amide bonds. The number of esters is 1. The number of nitriles is 1. The Balaban J connectivity index is 2.02. The first-order valence-corrected chi connectivity index (χ1v) is 6.46. The van der Waals surface area contributed by atoms with Gasteiger partial charge in [0.2, 0.25) is 5.88 Å². The first-order chi connectivity index (χ1) is 10.1. The summed E-state index contributed by atoms with van der Waals surface area (Å²) in [7, 11) is 1.69. The summed E-state index contributed by atoms with van der Waals surface area (Å²) in [6, 6.07) is 8.76. The summed E-state index contributed by atoms with van der Waals surface area (Å²) < 4.78 is 12.0. The molecule has 0 bridgehead atoms. The van der Waals surface area contributed by atoms with E-state index in [0.717, 1.165) is 0 Å². The molecular formula is C15H15N3O3. The van der Waals surface area contributed by atoms with Gasteiger partial charge >= 0.3 is 5.97 Å². The average molecular weight is 285 g/mol. The van der Waals surface area contributed by atoms with Gasteiger partial charge in [-0.2, -0.15) is 5.26 Å². The van der Waals surface area contributed by atoms with Crippen LogP contribution in [0, 0.1) is 11.3 Å². The quantitative estimate of drug-likeness (QED) is 0.786. The highest BCUT2D eigenvalue weighted by molar-refractivity contribution is 5.88.